The average molecular weight is 706 g/mol. The molecule has 0 N–H and O–H groups in total. The van der Waals surface area contributed by atoms with Gasteiger partial charge in [-0.1, -0.05) is 36.3 Å². The van der Waals surface area contributed by atoms with E-state index in [0.29, 0.717) is 39.7 Å². The Morgan fingerprint density at radius 3 is 2.00 bits per heavy atom. The van der Waals surface area contributed by atoms with Crippen molar-refractivity contribution in [2.75, 3.05) is 14.2 Å². The average Bonchev–Trinajstić information content (AvgIpc) is 3.16. The Morgan fingerprint density at radius 2 is 1.46 bits per heavy atom. The van der Waals surface area contributed by atoms with Gasteiger partial charge in [0, 0.05) is 53.6 Å². The SMILES string of the molecule is COc1ccc([N+](Cc2ccccc2)(C2=N[C@H](C(F)(F)F)C[C@@](C)(c3cc(C#Cc4ccc(C#N)cn4)ccc3F)O2)c2ccc(OC)cc2)cc1. The molecule has 0 spiro atoms. The zero-order valence-corrected chi connectivity index (χ0v) is 28.5. The number of halogens is 4. The Morgan fingerprint density at radius 1 is 0.846 bits per heavy atom. The van der Waals surface area contributed by atoms with E-state index >= 15 is 4.39 Å². The van der Waals surface area contributed by atoms with Gasteiger partial charge in [0.15, 0.2) is 6.04 Å². The quantitative estimate of drug-likeness (QED) is 0.0960. The first kappa shape index (κ1) is 35.6. The second kappa shape index (κ2) is 14.6. The molecular formula is C41H33F4N4O3+. The normalized spacial score (nSPS) is 17.1. The second-order valence-corrected chi connectivity index (χ2v) is 12.3. The molecule has 11 heteroatoms. The van der Waals surface area contributed by atoms with Gasteiger partial charge in [0.05, 0.1) is 19.8 Å². The monoisotopic (exact) mass is 705 g/mol. The van der Waals surface area contributed by atoms with Gasteiger partial charge in [0.1, 0.15) is 52.6 Å². The third-order valence-corrected chi connectivity index (χ3v) is 8.92. The van der Waals surface area contributed by atoms with Crippen LogP contribution in [0.4, 0.5) is 28.9 Å². The lowest BCUT2D eigenvalue weighted by Crippen LogP contribution is -2.57. The number of rotatable bonds is 7. The van der Waals surface area contributed by atoms with Crippen LogP contribution in [0.15, 0.2) is 120 Å². The van der Waals surface area contributed by atoms with Gasteiger partial charge >= 0.3 is 12.2 Å². The van der Waals surface area contributed by atoms with Crippen molar-refractivity contribution in [2.24, 2.45) is 4.99 Å². The van der Waals surface area contributed by atoms with E-state index in [1.165, 1.54) is 39.5 Å². The van der Waals surface area contributed by atoms with E-state index < -0.39 is 34.5 Å². The standard InChI is InChI=1S/C41H33F4N4O3/c1-40(36-23-28(11-22-37(36)42)9-12-31-13-10-30(25-46)26-47-31)24-38(41(43,44)45)48-39(52-40)49(27-29-7-5-4-6-8-29,32-14-18-34(50-2)19-15-32)33-16-20-35(51-3)21-17-33/h4-8,10-11,13-23,26,38H,24,27H2,1-3H3/q+1/t38-,40-/m0/s1. The van der Waals surface area contributed by atoms with Crippen molar-refractivity contribution >= 4 is 17.4 Å². The minimum absolute atomic E-state index is 0.0879. The molecule has 0 unspecified atom stereocenters. The number of nitriles is 1. The first-order valence-corrected chi connectivity index (χ1v) is 16.2. The summed E-state index contributed by atoms with van der Waals surface area (Å²) >= 11 is 0. The van der Waals surface area contributed by atoms with Crippen molar-refractivity contribution in [1.29, 1.82) is 5.26 Å². The summed E-state index contributed by atoms with van der Waals surface area (Å²) in [6.07, 6.45) is -4.12. The fraction of sp³-hybridized carbons (Fsp3) is 0.195. The molecule has 0 amide bonds. The zero-order valence-electron chi connectivity index (χ0n) is 28.5. The number of alkyl halides is 3. The molecule has 0 saturated heterocycles. The predicted octanol–water partition coefficient (Wildman–Crippen LogP) is 8.97. The van der Waals surface area contributed by atoms with Gasteiger partial charge in [-0.15, -0.1) is 0 Å². The highest BCUT2D eigenvalue weighted by atomic mass is 19.4. The minimum Gasteiger partial charge on any atom is -0.497 e. The number of benzene rings is 4. The van der Waals surface area contributed by atoms with Crippen molar-refractivity contribution in [3.05, 3.63) is 149 Å². The topological polar surface area (TPSA) is 76.7 Å². The number of quaternary nitrogens is 1. The Hall–Kier alpha value is -6.17. The first-order valence-electron chi connectivity index (χ1n) is 16.2. The van der Waals surface area contributed by atoms with E-state index in [4.69, 9.17) is 19.5 Å². The number of hydrogen-bond acceptors (Lipinski definition) is 6. The molecule has 5 aromatic rings. The number of ether oxygens (including phenoxy) is 3. The van der Waals surface area contributed by atoms with Gasteiger partial charge in [0.2, 0.25) is 0 Å². The van der Waals surface area contributed by atoms with Crippen LogP contribution in [0.5, 0.6) is 11.5 Å². The van der Waals surface area contributed by atoms with Crippen LogP contribution in [0, 0.1) is 29.0 Å². The highest BCUT2D eigenvalue weighted by Gasteiger charge is 2.55. The summed E-state index contributed by atoms with van der Waals surface area (Å²) in [5.41, 5.74) is 0.897. The lowest BCUT2D eigenvalue weighted by atomic mass is 9.86. The minimum atomic E-state index is -4.80. The number of methoxy groups -OCH3 is 2. The fourth-order valence-corrected chi connectivity index (χ4v) is 6.18. The van der Waals surface area contributed by atoms with Crippen molar-refractivity contribution in [3.63, 3.8) is 0 Å². The Kier molecular flexibility index (Phi) is 10.0. The number of hydrogen-bond donors (Lipinski definition) is 0. The summed E-state index contributed by atoms with van der Waals surface area (Å²) in [7, 11) is 3.04. The highest BCUT2D eigenvalue weighted by molar-refractivity contribution is 5.94. The molecule has 52 heavy (non-hydrogen) atoms. The van der Waals surface area contributed by atoms with Gasteiger partial charge in [0.25, 0.3) is 0 Å². The summed E-state index contributed by atoms with van der Waals surface area (Å²) in [6.45, 7) is 1.53. The van der Waals surface area contributed by atoms with Crippen LogP contribution in [0.25, 0.3) is 0 Å². The molecule has 2 atom stereocenters. The summed E-state index contributed by atoms with van der Waals surface area (Å²) in [4.78, 5) is 8.46. The van der Waals surface area contributed by atoms with Gasteiger partial charge in [-0.2, -0.15) is 27.9 Å². The van der Waals surface area contributed by atoms with Gasteiger partial charge in [-0.25, -0.2) is 9.37 Å². The van der Waals surface area contributed by atoms with Crippen molar-refractivity contribution < 1.29 is 31.8 Å². The lowest BCUT2D eigenvalue weighted by Gasteiger charge is -2.44. The Bertz CT molecular complexity index is 2120. The molecule has 0 aliphatic carbocycles. The molecule has 0 bridgehead atoms. The highest BCUT2D eigenvalue weighted by Crippen LogP contribution is 2.47. The van der Waals surface area contributed by atoms with Crippen LogP contribution in [0.2, 0.25) is 0 Å². The van der Waals surface area contributed by atoms with E-state index in [1.807, 2.05) is 36.4 Å². The fourth-order valence-electron chi connectivity index (χ4n) is 6.18. The van der Waals surface area contributed by atoms with Crippen molar-refractivity contribution in [2.45, 2.75) is 37.7 Å². The molecule has 7 nitrogen and oxygen atoms in total. The van der Waals surface area contributed by atoms with E-state index in [9.17, 15) is 13.2 Å². The van der Waals surface area contributed by atoms with Gasteiger partial charge in [-0.3, -0.25) is 0 Å². The molecule has 6 rings (SSSR count). The molecule has 0 radical (unpaired) electrons. The number of pyridine rings is 1. The molecule has 0 saturated carbocycles. The van der Waals surface area contributed by atoms with Crippen LogP contribution in [-0.4, -0.2) is 37.4 Å². The smallest absolute Gasteiger partial charge is 0.411 e. The maximum atomic E-state index is 15.9. The lowest BCUT2D eigenvalue weighted by molar-refractivity contribution is -0.165. The third kappa shape index (κ3) is 7.32. The van der Waals surface area contributed by atoms with E-state index in [-0.39, 0.29) is 18.1 Å². The molecule has 4 aromatic carbocycles. The molecule has 1 aliphatic rings. The maximum Gasteiger partial charge on any atom is 0.411 e. The number of aliphatic imine (C=N–C) groups is 1. The zero-order chi connectivity index (χ0) is 36.9. The Labute approximate surface area is 299 Å². The van der Waals surface area contributed by atoms with E-state index in [0.717, 1.165) is 11.6 Å². The molecular weight excluding hydrogens is 672 g/mol. The summed E-state index contributed by atoms with van der Waals surface area (Å²) in [6, 6.07) is 29.7. The van der Waals surface area contributed by atoms with Crippen LogP contribution >= 0.6 is 0 Å². The molecule has 1 aliphatic heterocycles. The van der Waals surface area contributed by atoms with Crippen LogP contribution in [0.3, 0.4) is 0 Å². The number of amidine groups is 1. The first-order chi connectivity index (χ1) is 25.0. The molecule has 2 heterocycles. The largest absolute Gasteiger partial charge is 0.497 e. The van der Waals surface area contributed by atoms with E-state index in [2.05, 4.69) is 21.8 Å². The second-order valence-electron chi connectivity index (χ2n) is 12.3. The maximum absolute atomic E-state index is 15.9. The van der Waals surface area contributed by atoms with Gasteiger partial charge < -0.3 is 14.2 Å². The summed E-state index contributed by atoms with van der Waals surface area (Å²) in [5.74, 6) is 6.10. The van der Waals surface area contributed by atoms with Crippen molar-refractivity contribution in [3.8, 4) is 29.4 Å². The Balaban J connectivity index is 1.55. The van der Waals surface area contributed by atoms with Crippen LogP contribution < -0.4 is 14.0 Å². The summed E-state index contributed by atoms with van der Waals surface area (Å²) < 4.78 is 78.0. The van der Waals surface area contributed by atoms with Crippen LogP contribution in [-0.2, 0) is 16.9 Å². The molecule has 1 aromatic heterocycles. The predicted molar refractivity (Wildman–Crippen MR) is 189 cm³/mol. The third-order valence-electron chi connectivity index (χ3n) is 8.92. The van der Waals surface area contributed by atoms with Gasteiger partial charge in [-0.05, 0) is 67.4 Å². The molecule has 262 valence electrons. The molecule has 0 fully saturated rings. The number of aromatic nitrogens is 1. The number of nitrogens with zero attached hydrogens (tertiary/aromatic N) is 4. The van der Waals surface area contributed by atoms with E-state index in [1.54, 1.807) is 60.7 Å². The van der Waals surface area contributed by atoms with Crippen LogP contribution in [0.1, 0.15) is 41.3 Å². The van der Waals surface area contributed by atoms with Crippen molar-refractivity contribution in [1.82, 2.24) is 9.47 Å². The summed E-state index contributed by atoms with van der Waals surface area (Å²) in [5, 5.41) is 9.06.